The van der Waals surface area contributed by atoms with Gasteiger partial charge in [-0.05, 0) is 53.9 Å². The molecule has 0 amide bonds. The fourth-order valence-electron chi connectivity index (χ4n) is 3.22. The van der Waals surface area contributed by atoms with E-state index < -0.39 is 0 Å². The van der Waals surface area contributed by atoms with Gasteiger partial charge in [-0.2, -0.15) is 5.10 Å². The molecule has 0 fully saturated rings. The fraction of sp³-hybridized carbons (Fsp3) is 0.333. The molecule has 0 aliphatic heterocycles. The van der Waals surface area contributed by atoms with Crippen molar-refractivity contribution in [1.29, 1.82) is 0 Å². The van der Waals surface area contributed by atoms with Crippen LogP contribution in [0.5, 0.6) is 17.2 Å². The van der Waals surface area contributed by atoms with E-state index in [1.54, 1.807) is 17.7 Å². The summed E-state index contributed by atoms with van der Waals surface area (Å²) in [5.41, 5.74) is 2.92. The van der Waals surface area contributed by atoms with Crippen LogP contribution in [0.25, 0.3) is 17.1 Å². The quantitative estimate of drug-likeness (QED) is 0.545. The smallest absolute Gasteiger partial charge is 0.200 e. The maximum atomic E-state index is 10.4. The van der Waals surface area contributed by atoms with Gasteiger partial charge in [0, 0.05) is 11.6 Å². The fourth-order valence-corrected chi connectivity index (χ4v) is 3.46. The van der Waals surface area contributed by atoms with Crippen molar-refractivity contribution < 1.29 is 14.9 Å². The van der Waals surface area contributed by atoms with Crippen LogP contribution in [0.2, 0.25) is 0 Å². The van der Waals surface area contributed by atoms with Gasteiger partial charge in [0.25, 0.3) is 0 Å². The lowest BCUT2D eigenvalue weighted by Crippen LogP contribution is -2.14. The number of phenolic OH excluding ortho intramolecular Hbond substituents is 2. The molecule has 3 rings (SSSR count). The van der Waals surface area contributed by atoms with Crippen molar-refractivity contribution in [3.63, 3.8) is 0 Å². The van der Waals surface area contributed by atoms with Crippen molar-refractivity contribution in [2.24, 2.45) is 0 Å². The molecule has 3 N–H and O–H groups in total. The number of rotatable bonds is 4. The Balaban J connectivity index is 2.25. The molecule has 0 bridgehead atoms. The maximum Gasteiger partial charge on any atom is 0.200 e. The number of methoxy groups -OCH3 is 1. The zero-order valence-corrected chi connectivity index (χ0v) is 17.5. The number of ether oxygens (including phenoxy) is 1. The number of nitrogens with zero attached hydrogens (tertiary/aromatic N) is 2. The lowest BCUT2D eigenvalue weighted by Gasteiger charge is -2.23. The Morgan fingerprint density at radius 3 is 2.46 bits per heavy atom. The molecule has 1 heterocycles. The summed E-state index contributed by atoms with van der Waals surface area (Å²) in [5, 5.41) is 27.6. The first-order valence-corrected chi connectivity index (χ1v) is 9.49. The lowest BCUT2D eigenvalue weighted by atomic mass is 9.86. The molecular weight excluding hydrogens is 374 g/mol. The molecule has 1 aromatic heterocycles. The zero-order valence-electron chi connectivity index (χ0n) is 16.7. The second-order valence-electron chi connectivity index (χ2n) is 7.67. The lowest BCUT2D eigenvalue weighted by molar-refractivity contribution is 0.397. The van der Waals surface area contributed by atoms with Gasteiger partial charge in [0.05, 0.1) is 18.4 Å². The average molecular weight is 400 g/mol. The van der Waals surface area contributed by atoms with Crippen LogP contribution in [0.1, 0.15) is 38.8 Å². The van der Waals surface area contributed by atoms with E-state index in [1.165, 1.54) is 6.07 Å². The standard InChI is InChI=1S/C21H25N3O3S/c1-6-12-9-14(17(26)11-16(12)25)19-22-23-20(28)24(19)13-7-8-18(27-5)15(10-13)21(2,3)4/h7-11,25-26H,6H2,1-5H3,(H,23,28). The number of nitrogens with one attached hydrogen (secondary N) is 1. The Morgan fingerprint density at radius 1 is 1.14 bits per heavy atom. The van der Waals surface area contributed by atoms with Crippen molar-refractivity contribution in [3.05, 3.63) is 46.2 Å². The van der Waals surface area contributed by atoms with E-state index in [9.17, 15) is 10.2 Å². The number of hydrogen-bond donors (Lipinski definition) is 3. The third-order valence-corrected chi connectivity index (χ3v) is 5.01. The number of hydrogen-bond acceptors (Lipinski definition) is 5. The largest absolute Gasteiger partial charge is 0.508 e. The summed E-state index contributed by atoms with van der Waals surface area (Å²) in [6, 6.07) is 8.90. The molecule has 28 heavy (non-hydrogen) atoms. The van der Waals surface area contributed by atoms with Crippen LogP contribution in [0.15, 0.2) is 30.3 Å². The molecule has 6 nitrogen and oxygen atoms in total. The number of aromatic nitrogens is 3. The van der Waals surface area contributed by atoms with E-state index in [4.69, 9.17) is 17.0 Å². The van der Waals surface area contributed by atoms with Crippen molar-refractivity contribution in [2.75, 3.05) is 7.11 Å². The van der Waals surface area contributed by atoms with Gasteiger partial charge in [-0.25, -0.2) is 0 Å². The van der Waals surface area contributed by atoms with Gasteiger partial charge in [0.1, 0.15) is 17.2 Å². The minimum absolute atomic E-state index is 0.0592. The van der Waals surface area contributed by atoms with Crippen LogP contribution < -0.4 is 4.74 Å². The molecule has 0 unspecified atom stereocenters. The third kappa shape index (κ3) is 3.49. The molecular formula is C21H25N3O3S. The van der Waals surface area contributed by atoms with Gasteiger partial charge >= 0.3 is 0 Å². The molecule has 148 valence electrons. The summed E-state index contributed by atoms with van der Waals surface area (Å²) in [6.45, 7) is 8.28. The van der Waals surface area contributed by atoms with Gasteiger partial charge < -0.3 is 14.9 Å². The molecule has 0 aliphatic carbocycles. The first-order valence-electron chi connectivity index (χ1n) is 9.09. The van der Waals surface area contributed by atoms with Crippen LogP contribution in [0, 0.1) is 4.77 Å². The van der Waals surface area contributed by atoms with Crippen molar-refractivity contribution in [3.8, 4) is 34.3 Å². The predicted octanol–water partition coefficient (Wildman–Crippen LogP) is 4.88. The molecule has 3 aromatic rings. The number of aromatic amines is 1. The second-order valence-corrected chi connectivity index (χ2v) is 8.06. The highest BCUT2D eigenvalue weighted by molar-refractivity contribution is 7.71. The molecule has 7 heteroatoms. The molecule has 0 radical (unpaired) electrons. The van der Waals surface area contributed by atoms with E-state index in [2.05, 4.69) is 31.0 Å². The zero-order chi connectivity index (χ0) is 20.6. The first-order chi connectivity index (χ1) is 13.2. The number of aromatic hydroxyl groups is 2. The van der Waals surface area contributed by atoms with E-state index in [-0.39, 0.29) is 16.9 Å². The highest BCUT2D eigenvalue weighted by Crippen LogP contribution is 2.37. The van der Waals surface area contributed by atoms with E-state index in [0.717, 1.165) is 22.6 Å². The topological polar surface area (TPSA) is 83.3 Å². The van der Waals surface area contributed by atoms with Crippen molar-refractivity contribution in [2.45, 2.75) is 39.5 Å². The molecule has 0 aliphatic rings. The Labute approximate surface area is 169 Å². The summed E-state index contributed by atoms with van der Waals surface area (Å²) in [7, 11) is 1.65. The molecule has 0 spiro atoms. The van der Waals surface area contributed by atoms with Gasteiger partial charge in [0.2, 0.25) is 0 Å². The van der Waals surface area contributed by atoms with Crippen LogP contribution in [-0.4, -0.2) is 32.1 Å². The van der Waals surface area contributed by atoms with Crippen LogP contribution in [0.3, 0.4) is 0 Å². The van der Waals surface area contributed by atoms with Gasteiger partial charge in [-0.15, -0.1) is 0 Å². The SMILES string of the molecule is CCc1cc(-c2n[nH]c(=S)n2-c2ccc(OC)c(C(C)(C)C)c2)c(O)cc1O. The maximum absolute atomic E-state index is 10.4. The molecule has 2 aromatic carbocycles. The number of phenols is 2. The van der Waals surface area contributed by atoms with Crippen molar-refractivity contribution in [1.82, 2.24) is 14.8 Å². The van der Waals surface area contributed by atoms with Gasteiger partial charge in [-0.3, -0.25) is 9.67 Å². The minimum Gasteiger partial charge on any atom is -0.508 e. The molecule has 0 atom stereocenters. The van der Waals surface area contributed by atoms with Crippen LogP contribution in [0.4, 0.5) is 0 Å². The number of aryl methyl sites for hydroxylation is 1. The molecule has 0 saturated carbocycles. The summed E-state index contributed by atoms with van der Waals surface area (Å²) in [5.74, 6) is 1.27. The van der Waals surface area contributed by atoms with Gasteiger partial charge in [-0.1, -0.05) is 27.7 Å². The van der Waals surface area contributed by atoms with Gasteiger partial charge in [0.15, 0.2) is 10.6 Å². The number of H-pyrrole nitrogens is 1. The Hall–Kier alpha value is -2.80. The Morgan fingerprint density at radius 2 is 1.86 bits per heavy atom. The van der Waals surface area contributed by atoms with Crippen LogP contribution in [-0.2, 0) is 11.8 Å². The highest BCUT2D eigenvalue weighted by Gasteiger charge is 2.22. The average Bonchev–Trinajstić information content (AvgIpc) is 3.02. The van der Waals surface area contributed by atoms with Crippen LogP contribution >= 0.6 is 12.2 Å². The summed E-state index contributed by atoms with van der Waals surface area (Å²) < 4.78 is 7.71. The summed E-state index contributed by atoms with van der Waals surface area (Å²) in [4.78, 5) is 0. The minimum atomic E-state index is -0.135. The normalized spacial score (nSPS) is 11.6. The predicted molar refractivity (Wildman–Crippen MR) is 112 cm³/mol. The van der Waals surface area contributed by atoms with Crippen molar-refractivity contribution >= 4 is 12.2 Å². The van der Waals surface area contributed by atoms with E-state index >= 15 is 0 Å². The van der Waals surface area contributed by atoms with E-state index in [1.807, 2.05) is 25.1 Å². The summed E-state index contributed by atoms with van der Waals surface area (Å²) >= 11 is 5.47. The summed E-state index contributed by atoms with van der Waals surface area (Å²) in [6.07, 6.45) is 0.626. The third-order valence-electron chi connectivity index (χ3n) is 4.74. The Kier molecular flexibility index (Phi) is 5.21. The second kappa shape index (κ2) is 7.31. The Bertz CT molecular complexity index is 1080. The highest BCUT2D eigenvalue weighted by atomic mass is 32.1. The number of benzene rings is 2. The van der Waals surface area contributed by atoms with E-state index in [0.29, 0.717) is 22.6 Å². The first kappa shape index (κ1) is 19.9. The monoisotopic (exact) mass is 399 g/mol. The molecule has 0 saturated heterocycles.